The maximum atomic E-state index is 11.5. The van der Waals surface area contributed by atoms with Crippen molar-refractivity contribution in [1.82, 2.24) is 5.32 Å². The van der Waals surface area contributed by atoms with Crippen LogP contribution in [0.5, 0.6) is 0 Å². The molecule has 0 heterocycles. The molecule has 5 heteroatoms. The topological polar surface area (TPSA) is 86.6 Å². The van der Waals surface area contributed by atoms with E-state index in [2.05, 4.69) is 19.2 Å². The molecule has 0 aliphatic rings. The van der Waals surface area contributed by atoms with E-state index in [9.17, 15) is 9.59 Å². The van der Waals surface area contributed by atoms with Gasteiger partial charge in [0.2, 0.25) is 5.91 Å². The van der Waals surface area contributed by atoms with Crippen LogP contribution in [-0.4, -0.2) is 34.7 Å². The Morgan fingerprint density at radius 1 is 1.25 bits per heavy atom. The summed E-state index contributed by atoms with van der Waals surface area (Å²) in [5.74, 6) is -1.38. The number of hydrogen-bond acceptors (Lipinski definition) is 3. The summed E-state index contributed by atoms with van der Waals surface area (Å²) in [4.78, 5) is 22.1. The second-order valence-electron chi connectivity index (χ2n) is 4.74. The first-order chi connectivity index (χ1) is 9.43. The summed E-state index contributed by atoms with van der Waals surface area (Å²) < 4.78 is 0. The lowest BCUT2D eigenvalue weighted by Gasteiger charge is -2.09. The van der Waals surface area contributed by atoms with Gasteiger partial charge in [0.05, 0.1) is 6.61 Å². The van der Waals surface area contributed by atoms with Crippen LogP contribution in [0.3, 0.4) is 0 Å². The Kier molecular flexibility index (Phi) is 5.93. The van der Waals surface area contributed by atoms with E-state index >= 15 is 0 Å². The number of carboxylic acids is 1. The molecule has 1 rings (SSSR count). The molecule has 1 atom stereocenters. The van der Waals surface area contributed by atoms with E-state index in [1.165, 1.54) is 11.6 Å². The largest absolute Gasteiger partial charge is 0.480 e. The standard InChI is InChI=1S/C15H19NO4/c1-10(2)12-6-3-11(4-7-12)5-8-14(18)16-13(9-17)15(19)20/h3-8,10,13,17H,9H2,1-2H3,(H,16,18)(H,19,20)/b8-5+/t13-/m1/s1. The van der Waals surface area contributed by atoms with Crippen molar-refractivity contribution in [3.05, 3.63) is 41.5 Å². The summed E-state index contributed by atoms with van der Waals surface area (Å²) in [6, 6.07) is 6.46. The smallest absolute Gasteiger partial charge is 0.328 e. The van der Waals surface area contributed by atoms with Gasteiger partial charge in [0.25, 0.3) is 0 Å². The van der Waals surface area contributed by atoms with Gasteiger partial charge in [-0.2, -0.15) is 0 Å². The molecule has 5 nitrogen and oxygen atoms in total. The first-order valence-electron chi connectivity index (χ1n) is 6.36. The highest BCUT2D eigenvalue weighted by molar-refractivity contribution is 5.94. The van der Waals surface area contributed by atoms with Gasteiger partial charge in [-0.1, -0.05) is 38.1 Å². The normalized spacial score (nSPS) is 12.6. The molecule has 0 radical (unpaired) electrons. The maximum absolute atomic E-state index is 11.5. The van der Waals surface area contributed by atoms with Crippen LogP contribution in [0.1, 0.15) is 30.9 Å². The summed E-state index contributed by atoms with van der Waals surface area (Å²) in [5.41, 5.74) is 2.05. The number of carbonyl (C=O) groups is 2. The third-order valence-corrected chi connectivity index (χ3v) is 2.83. The molecule has 0 spiro atoms. The van der Waals surface area contributed by atoms with Crippen molar-refractivity contribution in [2.45, 2.75) is 25.8 Å². The minimum absolute atomic E-state index is 0.442. The fourth-order valence-electron chi connectivity index (χ4n) is 1.57. The summed E-state index contributed by atoms with van der Waals surface area (Å²) in [5, 5.41) is 19.7. The van der Waals surface area contributed by atoms with E-state index in [0.29, 0.717) is 5.92 Å². The van der Waals surface area contributed by atoms with Crippen LogP contribution in [0, 0.1) is 0 Å². The van der Waals surface area contributed by atoms with Crippen molar-refractivity contribution in [1.29, 1.82) is 0 Å². The molecule has 1 aromatic carbocycles. The summed E-state index contributed by atoms with van der Waals surface area (Å²) >= 11 is 0. The van der Waals surface area contributed by atoms with Gasteiger partial charge in [-0.15, -0.1) is 0 Å². The van der Waals surface area contributed by atoms with Gasteiger partial charge in [-0.05, 0) is 23.1 Å². The fourth-order valence-corrected chi connectivity index (χ4v) is 1.57. The molecule has 0 aliphatic heterocycles. The van der Waals surface area contributed by atoms with Gasteiger partial charge in [0.15, 0.2) is 6.04 Å². The molecular formula is C15H19NO4. The summed E-state index contributed by atoms with van der Waals surface area (Å²) in [6.45, 7) is 3.55. The number of rotatable bonds is 6. The Bertz CT molecular complexity index is 491. The van der Waals surface area contributed by atoms with Gasteiger partial charge in [0.1, 0.15) is 0 Å². The first kappa shape index (κ1) is 15.9. The van der Waals surface area contributed by atoms with Gasteiger partial charge >= 0.3 is 5.97 Å². The Balaban J connectivity index is 2.63. The molecule has 0 fully saturated rings. The summed E-state index contributed by atoms with van der Waals surface area (Å²) in [6.07, 6.45) is 2.84. The van der Waals surface area contributed by atoms with Crippen molar-refractivity contribution < 1.29 is 19.8 Å². The molecule has 0 bridgehead atoms. The number of benzene rings is 1. The van der Waals surface area contributed by atoms with Gasteiger partial charge in [0, 0.05) is 6.08 Å². The van der Waals surface area contributed by atoms with E-state index in [0.717, 1.165) is 5.56 Å². The second-order valence-corrected chi connectivity index (χ2v) is 4.74. The number of amides is 1. The minimum Gasteiger partial charge on any atom is -0.480 e. The maximum Gasteiger partial charge on any atom is 0.328 e. The number of hydrogen-bond donors (Lipinski definition) is 3. The molecule has 3 N–H and O–H groups in total. The van der Waals surface area contributed by atoms with Crippen LogP contribution in [-0.2, 0) is 9.59 Å². The Morgan fingerprint density at radius 2 is 1.85 bits per heavy atom. The van der Waals surface area contributed by atoms with Gasteiger partial charge in [-0.3, -0.25) is 4.79 Å². The molecule has 0 aliphatic carbocycles. The average Bonchev–Trinajstić information content (AvgIpc) is 2.42. The molecule has 20 heavy (non-hydrogen) atoms. The second kappa shape index (κ2) is 7.45. The molecular weight excluding hydrogens is 258 g/mol. The Morgan fingerprint density at radius 3 is 2.30 bits per heavy atom. The number of nitrogens with one attached hydrogen (secondary N) is 1. The lowest BCUT2D eigenvalue weighted by Crippen LogP contribution is -2.42. The summed E-state index contributed by atoms with van der Waals surface area (Å²) in [7, 11) is 0. The van der Waals surface area contributed by atoms with E-state index in [1.807, 2.05) is 24.3 Å². The number of carbonyl (C=O) groups excluding carboxylic acids is 1. The van der Waals surface area contributed by atoms with E-state index in [4.69, 9.17) is 10.2 Å². The molecule has 0 unspecified atom stereocenters. The quantitative estimate of drug-likeness (QED) is 0.686. The van der Waals surface area contributed by atoms with Crippen molar-refractivity contribution >= 4 is 18.0 Å². The van der Waals surface area contributed by atoms with Crippen molar-refractivity contribution in [2.75, 3.05) is 6.61 Å². The van der Waals surface area contributed by atoms with E-state index in [1.54, 1.807) is 6.08 Å². The SMILES string of the molecule is CC(C)c1ccc(/C=C/C(=O)N[C@H](CO)C(=O)O)cc1. The lowest BCUT2D eigenvalue weighted by molar-refractivity contribution is -0.142. The highest BCUT2D eigenvalue weighted by atomic mass is 16.4. The number of aliphatic hydroxyl groups is 1. The first-order valence-corrected chi connectivity index (χ1v) is 6.36. The Hall–Kier alpha value is -2.14. The van der Waals surface area contributed by atoms with Crippen LogP contribution < -0.4 is 5.32 Å². The zero-order valence-electron chi connectivity index (χ0n) is 11.5. The molecule has 0 saturated heterocycles. The molecule has 0 saturated carbocycles. The van der Waals surface area contributed by atoms with E-state index in [-0.39, 0.29) is 0 Å². The molecule has 1 aromatic rings. The third kappa shape index (κ3) is 4.85. The Labute approximate surface area is 117 Å². The zero-order valence-corrected chi connectivity index (χ0v) is 11.5. The molecule has 108 valence electrons. The molecule has 0 aromatic heterocycles. The predicted molar refractivity (Wildman–Crippen MR) is 76.2 cm³/mol. The number of carboxylic acid groups (broad SMARTS) is 1. The monoisotopic (exact) mass is 277 g/mol. The number of aliphatic hydroxyl groups excluding tert-OH is 1. The van der Waals surface area contributed by atoms with Crippen molar-refractivity contribution in [3.8, 4) is 0 Å². The van der Waals surface area contributed by atoms with Crippen molar-refractivity contribution in [3.63, 3.8) is 0 Å². The minimum atomic E-state index is -1.28. The average molecular weight is 277 g/mol. The van der Waals surface area contributed by atoms with Gasteiger partial charge < -0.3 is 15.5 Å². The lowest BCUT2D eigenvalue weighted by atomic mass is 10.0. The van der Waals surface area contributed by atoms with Crippen LogP contribution >= 0.6 is 0 Å². The highest BCUT2D eigenvalue weighted by Gasteiger charge is 2.16. The van der Waals surface area contributed by atoms with Crippen LogP contribution in [0.25, 0.3) is 6.08 Å². The number of aliphatic carboxylic acids is 1. The zero-order chi connectivity index (χ0) is 15.1. The van der Waals surface area contributed by atoms with Crippen LogP contribution in [0.4, 0.5) is 0 Å². The third-order valence-electron chi connectivity index (χ3n) is 2.83. The van der Waals surface area contributed by atoms with Gasteiger partial charge in [-0.25, -0.2) is 4.79 Å². The predicted octanol–water partition coefficient (Wildman–Crippen LogP) is 1.38. The van der Waals surface area contributed by atoms with Crippen molar-refractivity contribution in [2.24, 2.45) is 0 Å². The van der Waals surface area contributed by atoms with E-state index < -0.39 is 24.5 Å². The van der Waals surface area contributed by atoms with Crippen LogP contribution in [0.2, 0.25) is 0 Å². The highest BCUT2D eigenvalue weighted by Crippen LogP contribution is 2.15. The molecule has 1 amide bonds. The van der Waals surface area contributed by atoms with Crippen LogP contribution in [0.15, 0.2) is 30.3 Å². The fraction of sp³-hybridized carbons (Fsp3) is 0.333.